The maximum Gasteiger partial charge on any atom is 0.265 e. The van der Waals surface area contributed by atoms with Crippen LogP contribution in [0.25, 0.3) is 22.4 Å². The highest BCUT2D eigenvalue weighted by Crippen LogP contribution is 2.37. The number of benzene rings is 1. The number of hydrogen-bond donors (Lipinski definition) is 0. The third-order valence-electron chi connectivity index (χ3n) is 4.78. The first-order valence-electron chi connectivity index (χ1n) is 8.94. The summed E-state index contributed by atoms with van der Waals surface area (Å²) in [5.74, 6) is 1.60. The first-order chi connectivity index (χ1) is 12.6. The maximum atomic E-state index is 6.16. The van der Waals surface area contributed by atoms with Gasteiger partial charge in [-0.3, -0.25) is 0 Å². The van der Waals surface area contributed by atoms with Crippen molar-refractivity contribution in [1.29, 1.82) is 0 Å². The Kier molecular flexibility index (Phi) is 4.36. The molecule has 1 aliphatic rings. The Balaban J connectivity index is 1.77. The molecule has 6 heteroatoms. The van der Waals surface area contributed by atoms with Gasteiger partial charge in [-0.15, -0.1) is 0 Å². The standard InChI is InChI=1S/C20H23N3O3/c1-11-5-8-15(12(2)9-11)17-18-19(26-23-17)20(22-13(3)21-18)25-16(10-24-4)14-6-7-14/h5,8-9,14,16H,6-7,10H2,1-4H3. The van der Waals surface area contributed by atoms with E-state index >= 15 is 0 Å². The average Bonchev–Trinajstić information content (AvgIpc) is 3.35. The van der Waals surface area contributed by atoms with E-state index in [1.54, 1.807) is 7.11 Å². The van der Waals surface area contributed by atoms with Gasteiger partial charge in [-0.05, 0) is 45.1 Å². The van der Waals surface area contributed by atoms with Crippen molar-refractivity contribution in [2.75, 3.05) is 13.7 Å². The molecule has 26 heavy (non-hydrogen) atoms. The smallest absolute Gasteiger partial charge is 0.265 e. The number of rotatable bonds is 6. The molecule has 0 spiro atoms. The van der Waals surface area contributed by atoms with Crippen LogP contribution < -0.4 is 4.74 Å². The van der Waals surface area contributed by atoms with E-state index in [-0.39, 0.29) is 6.10 Å². The van der Waals surface area contributed by atoms with Crippen LogP contribution in [0.3, 0.4) is 0 Å². The Morgan fingerprint density at radius 1 is 1.19 bits per heavy atom. The molecule has 0 aliphatic heterocycles. The summed E-state index contributed by atoms with van der Waals surface area (Å²) < 4.78 is 17.1. The summed E-state index contributed by atoms with van der Waals surface area (Å²) in [6.45, 7) is 6.53. The van der Waals surface area contributed by atoms with Crippen LogP contribution in [0, 0.1) is 26.7 Å². The van der Waals surface area contributed by atoms with Gasteiger partial charge in [-0.1, -0.05) is 28.9 Å². The second-order valence-electron chi connectivity index (χ2n) is 7.05. The van der Waals surface area contributed by atoms with Gasteiger partial charge in [0.1, 0.15) is 23.1 Å². The fraction of sp³-hybridized carbons (Fsp3) is 0.450. The highest BCUT2D eigenvalue weighted by atomic mass is 16.5. The van der Waals surface area contributed by atoms with Crippen molar-refractivity contribution in [2.24, 2.45) is 5.92 Å². The summed E-state index contributed by atoms with van der Waals surface area (Å²) in [7, 11) is 1.69. The predicted octanol–water partition coefficient (Wildman–Crippen LogP) is 4.01. The molecule has 0 amide bonds. The number of methoxy groups -OCH3 is 1. The summed E-state index contributed by atoms with van der Waals surface area (Å²) >= 11 is 0. The summed E-state index contributed by atoms with van der Waals surface area (Å²) in [4.78, 5) is 9.03. The van der Waals surface area contributed by atoms with Crippen molar-refractivity contribution in [2.45, 2.75) is 39.7 Å². The molecule has 3 aromatic rings. The molecular formula is C20H23N3O3. The van der Waals surface area contributed by atoms with Crippen molar-refractivity contribution in [3.63, 3.8) is 0 Å². The molecule has 1 aliphatic carbocycles. The number of aromatic nitrogens is 3. The van der Waals surface area contributed by atoms with Gasteiger partial charge in [0.2, 0.25) is 5.58 Å². The summed E-state index contributed by atoms with van der Waals surface area (Å²) in [5.41, 5.74) is 5.25. The molecule has 136 valence electrons. The Morgan fingerprint density at radius 2 is 2.00 bits per heavy atom. The first kappa shape index (κ1) is 17.0. The second-order valence-corrected chi connectivity index (χ2v) is 7.05. The molecule has 1 fully saturated rings. The second kappa shape index (κ2) is 6.68. The Labute approximate surface area is 152 Å². The van der Waals surface area contributed by atoms with Gasteiger partial charge in [0.15, 0.2) is 0 Å². The van der Waals surface area contributed by atoms with Crippen LogP contribution >= 0.6 is 0 Å². The minimum absolute atomic E-state index is 0.0211. The zero-order chi connectivity index (χ0) is 18.3. The van der Waals surface area contributed by atoms with E-state index in [0.29, 0.717) is 35.3 Å². The molecule has 0 radical (unpaired) electrons. The molecule has 2 heterocycles. The van der Waals surface area contributed by atoms with Crippen molar-refractivity contribution in [1.82, 2.24) is 15.1 Å². The normalized spacial score (nSPS) is 15.4. The fourth-order valence-electron chi connectivity index (χ4n) is 3.29. The van der Waals surface area contributed by atoms with Gasteiger partial charge >= 0.3 is 0 Å². The molecule has 2 aromatic heterocycles. The van der Waals surface area contributed by atoms with E-state index < -0.39 is 0 Å². The molecule has 0 bridgehead atoms. The minimum atomic E-state index is -0.0211. The lowest BCUT2D eigenvalue weighted by Gasteiger charge is -2.17. The van der Waals surface area contributed by atoms with Gasteiger partial charge < -0.3 is 14.0 Å². The summed E-state index contributed by atoms with van der Waals surface area (Å²) in [5, 5.41) is 4.28. The maximum absolute atomic E-state index is 6.16. The van der Waals surface area contributed by atoms with E-state index in [4.69, 9.17) is 14.0 Å². The Morgan fingerprint density at radius 3 is 2.69 bits per heavy atom. The van der Waals surface area contributed by atoms with E-state index in [0.717, 1.165) is 29.7 Å². The number of nitrogens with zero attached hydrogens (tertiary/aromatic N) is 3. The van der Waals surface area contributed by atoms with E-state index in [9.17, 15) is 0 Å². The molecule has 6 nitrogen and oxygen atoms in total. The van der Waals surface area contributed by atoms with E-state index in [1.807, 2.05) is 6.92 Å². The topological polar surface area (TPSA) is 70.3 Å². The van der Waals surface area contributed by atoms with Crippen LogP contribution in [0.2, 0.25) is 0 Å². The van der Waals surface area contributed by atoms with Crippen molar-refractivity contribution < 1.29 is 14.0 Å². The van der Waals surface area contributed by atoms with Gasteiger partial charge in [-0.2, -0.15) is 4.98 Å². The third kappa shape index (κ3) is 3.17. The third-order valence-corrected chi connectivity index (χ3v) is 4.78. The van der Waals surface area contributed by atoms with Gasteiger partial charge in [0.05, 0.1) is 6.61 Å². The molecule has 0 saturated heterocycles. The Hall–Kier alpha value is -2.47. The molecule has 1 saturated carbocycles. The van der Waals surface area contributed by atoms with Crippen LogP contribution in [-0.4, -0.2) is 34.9 Å². The predicted molar refractivity (Wildman–Crippen MR) is 98.3 cm³/mol. The van der Waals surface area contributed by atoms with Gasteiger partial charge in [0, 0.05) is 12.7 Å². The highest BCUT2D eigenvalue weighted by molar-refractivity contribution is 5.91. The lowest BCUT2D eigenvalue weighted by atomic mass is 10.0. The molecule has 1 atom stereocenters. The zero-order valence-electron chi connectivity index (χ0n) is 15.6. The van der Waals surface area contributed by atoms with E-state index in [2.05, 4.69) is 47.2 Å². The van der Waals surface area contributed by atoms with Crippen LogP contribution in [0.15, 0.2) is 22.7 Å². The van der Waals surface area contributed by atoms with Crippen LogP contribution in [0.4, 0.5) is 0 Å². The van der Waals surface area contributed by atoms with E-state index in [1.165, 1.54) is 5.56 Å². The van der Waals surface area contributed by atoms with Gasteiger partial charge in [0.25, 0.3) is 5.88 Å². The lowest BCUT2D eigenvalue weighted by Crippen LogP contribution is -2.25. The van der Waals surface area contributed by atoms with Crippen molar-refractivity contribution in [3.05, 3.63) is 35.2 Å². The van der Waals surface area contributed by atoms with Gasteiger partial charge in [-0.25, -0.2) is 4.98 Å². The quantitative estimate of drug-likeness (QED) is 0.667. The van der Waals surface area contributed by atoms with Crippen molar-refractivity contribution >= 4 is 11.1 Å². The first-order valence-corrected chi connectivity index (χ1v) is 8.94. The highest BCUT2D eigenvalue weighted by Gasteiger charge is 2.34. The largest absolute Gasteiger partial charge is 0.469 e. The van der Waals surface area contributed by atoms with Crippen LogP contribution in [0.1, 0.15) is 29.8 Å². The SMILES string of the molecule is COCC(Oc1nc(C)nc2c(-c3ccc(C)cc3C)noc12)C1CC1. The van der Waals surface area contributed by atoms with Crippen LogP contribution in [0.5, 0.6) is 5.88 Å². The van der Waals surface area contributed by atoms with Crippen molar-refractivity contribution in [3.8, 4) is 17.1 Å². The number of fused-ring (bicyclic) bond motifs is 1. The fourth-order valence-corrected chi connectivity index (χ4v) is 3.29. The minimum Gasteiger partial charge on any atom is -0.469 e. The average molecular weight is 353 g/mol. The lowest BCUT2D eigenvalue weighted by molar-refractivity contribution is 0.0645. The molecule has 4 rings (SSSR count). The number of hydrogen-bond acceptors (Lipinski definition) is 6. The molecular weight excluding hydrogens is 330 g/mol. The zero-order valence-corrected chi connectivity index (χ0v) is 15.6. The molecule has 1 unspecified atom stereocenters. The Bertz CT molecular complexity index is 947. The monoisotopic (exact) mass is 353 g/mol. The number of aryl methyl sites for hydroxylation is 3. The van der Waals surface area contributed by atoms with Crippen LogP contribution in [-0.2, 0) is 4.74 Å². The molecule has 1 aromatic carbocycles. The number of ether oxygens (including phenoxy) is 2. The summed E-state index contributed by atoms with van der Waals surface area (Å²) in [6, 6.07) is 6.25. The molecule has 0 N–H and O–H groups in total. The summed E-state index contributed by atoms with van der Waals surface area (Å²) in [6.07, 6.45) is 2.30.